The minimum Gasteiger partial charge on any atom is -0.352 e. The molecule has 6 nitrogen and oxygen atoms in total. The Labute approximate surface area is 142 Å². The molecule has 0 unspecified atom stereocenters. The third kappa shape index (κ3) is 2.69. The molecule has 0 radical (unpaired) electrons. The highest BCUT2D eigenvalue weighted by molar-refractivity contribution is 5.42. The number of likely N-dealkylation sites (N-methyl/N-ethyl adjacent to an activating group) is 1. The Morgan fingerprint density at radius 3 is 2.62 bits per heavy atom. The second-order valence-electron chi connectivity index (χ2n) is 7.55. The fourth-order valence-electron chi connectivity index (χ4n) is 3.53. The SMILES string of the molecule is CN(Cc1nccn1C1CC1)C1CN(c2ccc(C3CC3)nn2)C1. The van der Waals surface area contributed by atoms with Crippen molar-refractivity contribution < 1.29 is 0 Å². The van der Waals surface area contributed by atoms with Crippen LogP contribution in [0.5, 0.6) is 0 Å². The van der Waals surface area contributed by atoms with Gasteiger partial charge in [0.2, 0.25) is 0 Å². The fourth-order valence-corrected chi connectivity index (χ4v) is 3.53. The van der Waals surface area contributed by atoms with E-state index in [4.69, 9.17) is 0 Å². The van der Waals surface area contributed by atoms with Gasteiger partial charge >= 0.3 is 0 Å². The zero-order valence-electron chi connectivity index (χ0n) is 14.2. The molecule has 0 spiro atoms. The molecule has 6 heteroatoms. The van der Waals surface area contributed by atoms with Crippen LogP contribution < -0.4 is 4.90 Å². The molecule has 24 heavy (non-hydrogen) atoms. The molecule has 3 fully saturated rings. The van der Waals surface area contributed by atoms with E-state index in [2.05, 4.69) is 54.9 Å². The zero-order chi connectivity index (χ0) is 16.1. The summed E-state index contributed by atoms with van der Waals surface area (Å²) in [5, 5.41) is 8.81. The van der Waals surface area contributed by atoms with E-state index in [0.717, 1.165) is 25.5 Å². The lowest BCUT2D eigenvalue weighted by atomic mass is 10.1. The van der Waals surface area contributed by atoms with Crippen LogP contribution in [0.15, 0.2) is 24.5 Å². The van der Waals surface area contributed by atoms with Crippen molar-refractivity contribution in [1.82, 2.24) is 24.6 Å². The smallest absolute Gasteiger partial charge is 0.151 e. The predicted molar refractivity (Wildman–Crippen MR) is 92.0 cm³/mol. The van der Waals surface area contributed by atoms with Gasteiger partial charge in [0, 0.05) is 43.5 Å². The van der Waals surface area contributed by atoms with Gasteiger partial charge in [0.05, 0.1) is 12.2 Å². The van der Waals surface area contributed by atoms with Gasteiger partial charge < -0.3 is 9.47 Å². The lowest BCUT2D eigenvalue weighted by Gasteiger charge is -2.44. The summed E-state index contributed by atoms with van der Waals surface area (Å²) in [6.45, 7) is 2.98. The first-order valence-corrected chi connectivity index (χ1v) is 9.08. The number of hydrogen-bond acceptors (Lipinski definition) is 5. The minimum absolute atomic E-state index is 0.569. The lowest BCUT2D eigenvalue weighted by molar-refractivity contribution is 0.190. The second kappa shape index (κ2) is 5.55. The first-order chi connectivity index (χ1) is 11.8. The molecular formula is C18H24N6. The summed E-state index contributed by atoms with van der Waals surface area (Å²) in [5.41, 5.74) is 1.17. The average molecular weight is 324 g/mol. The molecule has 1 saturated heterocycles. The van der Waals surface area contributed by atoms with Gasteiger partial charge in [-0.1, -0.05) is 0 Å². The molecular weight excluding hydrogens is 300 g/mol. The normalized spacial score (nSPS) is 21.3. The molecule has 126 valence electrons. The zero-order valence-corrected chi connectivity index (χ0v) is 14.2. The number of rotatable bonds is 6. The van der Waals surface area contributed by atoms with Crippen LogP contribution in [0.3, 0.4) is 0 Å². The molecule has 2 saturated carbocycles. The van der Waals surface area contributed by atoms with Crippen LogP contribution in [0.1, 0.15) is 49.2 Å². The van der Waals surface area contributed by atoms with E-state index in [1.165, 1.54) is 37.2 Å². The van der Waals surface area contributed by atoms with Crippen molar-refractivity contribution in [1.29, 1.82) is 0 Å². The number of hydrogen-bond donors (Lipinski definition) is 0. The standard InChI is InChI=1S/C18H24N6/c1-22(12-18-19-8-9-24(18)14-4-5-14)15-10-23(11-15)17-7-6-16(20-21-17)13-2-3-13/h6-9,13-15H,2-5,10-12H2,1H3. The molecule has 5 rings (SSSR count). The summed E-state index contributed by atoms with van der Waals surface area (Å²) >= 11 is 0. The number of aromatic nitrogens is 4. The first kappa shape index (κ1) is 14.4. The van der Waals surface area contributed by atoms with Gasteiger partial charge in [0.1, 0.15) is 5.82 Å². The summed E-state index contributed by atoms with van der Waals surface area (Å²) < 4.78 is 2.36. The van der Waals surface area contributed by atoms with Gasteiger partial charge in [-0.2, -0.15) is 5.10 Å². The largest absolute Gasteiger partial charge is 0.352 e. The van der Waals surface area contributed by atoms with Gasteiger partial charge in [-0.25, -0.2) is 4.98 Å². The Balaban J connectivity index is 1.17. The fraction of sp³-hybridized carbons (Fsp3) is 0.611. The molecule has 3 aliphatic rings. The van der Waals surface area contributed by atoms with Crippen molar-refractivity contribution >= 4 is 5.82 Å². The molecule has 0 atom stereocenters. The summed E-state index contributed by atoms with van der Waals surface area (Å²) in [7, 11) is 2.20. The van der Waals surface area contributed by atoms with Crippen molar-refractivity contribution in [2.75, 3.05) is 25.0 Å². The van der Waals surface area contributed by atoms with Gasteiger partial charge in [-0.05, 0) is 44.9 Å². The van der Waals surface area contributed by atoms with Crippen molar-refractivity contribution in [3.63, 3.8) is 0 Å². The molecule has 0 N–H and O–H groups in total. The maximum absolute atomic E-state index is 4.55. The lowest BCUT2D eigenvalue weighted by Crippen LogP contribution is -2.58. The van der Waals surface area contributed by atoms with Crippen LogP contribution in [0, 0.1) is 0 Å². The molecule has 0 bridgehead atoms. The molecule has 2 aromatic rings. The third-order valence-electron chi connectivity index (χ3n) is 5.56. The summed E-state index contributed by atoms with van der Waals surface area (Å²) in [6, 6.07) is 5.56. The van der Waals surface area contributed by atoms with Crippen LogP contribution in [0.25, 0.3) is 0 Å². The van der Waals surface area contributed by atoms with E-state index in [1.54, 1.807) is 0 Å². The maximum Gasteiger partial charge on any atom is 0.151 e. The first-order valence-electron chi connectivity index (χ1n) is 9.08. The molecule has 2 aliphatic carbocycles. The number of imidazole rings is 1. The Hall–Kier alpha value is -1.95. The molecule has 0 amide bonds. The average Bonchev–Trinajstić information content (AvgIpc) is 3.46. The van der Waals surface area contributed by atoms with Crippen LogP contribution in [-0.2, 0) is 6.54 Å². The van der Waals surface area contributed by atoms with Crippen LogP contribution in [-0.4, -0.2) is 50.8 Å². The van der Waals surface area contributed by atoms with Crippen LogP contribution in [0.4, 0.5) is 5.82 Å². The van der Waals surface area contributed by atoms with Crippen LogP contribution in [0.2, 0.25) is 0 Å². The third-order valence-corrected chi connectivity index (χ3v) is 5.56. The molecule has 1 aliphatic heterocycles. The van der Waals surface area contributed by atoms with Crippen molar-refractivity contribution in [2.45, 2.75) is 50.2 Å². The number of nitrogens with zero attached hydrogens (tertiary/aromatic N) is 6. The predicted octanol–water partition coefficient (Wildman–Crippen LogP) is 2.21. The number of anilines is 1. The maximum atomic E-state index is 4.55. The van der Waals surface area contributed by atoms with Crippen molar-refractivity contribution in [3.05, 3.63) is 36.0 Å². The highest BCUT2D eigenvalue weighted by Crippen LogP contribution is 2.39. The second-order valence-corrected chi connectivity index (χ2v) is 7.55. The van der Waals surface area contributed by atoms with Gasteiger partial charge in [0.25, 0.3) is 0 Å². The quantitative estimate of drug-likeness (QED) is 0.815. The molecule has 2 aromatic heterocycles. The summed E-state index contributed by atoms with van der Waals surface area (Å²) in [5.74, 6) is 2.90. The van der Waals surface area contributed by atoms with Gasteiger partial charge in [0.15, 0.2) is 5.82 Å². The molecule has 0 aromatic carbocycles. The monoisotopic (exact) mass is 324 g/mol. The van der Waals surface area contributed by atoms with E-state index in [-0.39, 0.29) is 0 Å². The van der Waals surface area contributed by atoms with E-state index < -0.39 is 0 Å². The van der Waals surface area contributed by atoms with E-state index in [0.29, 0.717) is 18.0 Å². The van der Waals surface area contributed by atoms with E-state index in [1.807, 2.05) is 6.20 Å². The van der Waals surface area contributed by atoms with Gasteiger partial charge in [-0.15, -0.1) is 5.10 Å². The minimum atomic E-state index is 0.569. The highest BCUT2D eigenvalue weighted by Gasteiger charge is 2.33. The Kier molecular flexibility index (Phi) is 3.33. The van der Waals surface area contributed by atoms with E-state index >= 15 is 0 Å². The summed E-state index contributed by atoms with van der Waals surface area (Å²) in [6.07, 6.45) is 9.23. The highest BCUT2D eigenvalue weighted by atomic mass is 15.4. The van der Waals surface area contributed by atoms with Crippen LogP contribution >= 0.6 is 0 Å². The summed E-state index contributed by atoms with van der Waals surface area (Å²) in [4.78, 5) is 9.29. The van der Waals surface area contributed by atoms with E-state index in [9.17, 15) is 0 Å². The molecule has 3 heterocycles. The Morgan fingerprint density at radius 1 is 1.12 bits per heavy atom. The Bertz CT molecular complexity index is 709. The van der Waals surface area contributed by atoms with Crippen molar-refractivity contribution in [3.8, 4) is 0 Å². The van der Waals surface area contributed by atoms with Gasteiger partial charge in [-0.3, -0.25) is 4.90 Å². The van der Waals surface area contributed by atoms with Crippen molar-refractivity contribution in [2.24, 2.45) is 0 Å². The topological polar surface area (TPSA) is 50.1 Å². The Morgan fingerprint density at radius 2 is 1.96 bits per heavy atom.